The number of nitrogen functional groups attached to an aromatic ring is 2. The van der Waals surface area contributed by atoms with Crippen molar-refractivity contribution in [3.63, 3.8) is 0 Å². The van der Waals surface area contributed by atoms with Gasteiger partial charge in [0.05, 0.1) is 0 Å². The van der Waals surface area contributed by atoms with Crippen molar-refractivity contribution < 1.29 is 0 Å². The van der Waals surface area contributed by atoms with E-state index in [9.17, 15) is 0 Å². The number of benzene rings is 5. The van der Waals surface area contributed by atoms with Crippen LogP contribution in [0.25, 0.3) is 43.8 Å². The first-order valence-corrected chi connectivity index (χ1v) is 9.36. The van der Waals surface area contributed by atoms with E-state index in [0.717, 1.165) is 11.4 Å². The molecule has 0 bridgehead atoms. The zero-order valence-corrected chi connectivity index (χ0v) is 15.4. The number of anilines is 2. The minimum atomic E-state index is 0.780. The van der Waals surface area contributed by atoms with E-state index >= 15 is 0 Å². The van der Waals surface area contributed by atoms with E-state index in [2.05, 4.69) is 72.8 Å². The SMILES string of the molecule is Nc1ccc(-c2cccc3cc4c(-c5ccc(N)cc5)cccc4cc23)cc1. The Balaban J connectivity index is 1.76. The van der Waals surface area contributed by atoms with E-state index < -0.39 is 0 Å². The molecule has 0 unspecified atom stereocenters. The van der Waals surface area contributed by atoms with Gasteiger partial charge >= 0.3 is 0 Å². The van der Waals surface area contributed by atoms with Gasteiger partial charge in [0, 0.05) is 11.4 Å². The minimum Gasteiger partial charge on any atom is -0.399 e. The van der Waals surface area contributed by atoms with Crippen molar-refractivity contribution in [3.05, 3.63) is 97.1 Å². The van der Waals surface area contributed by atoms with Crippen LogP contribution in [-0.2, 0) is 0 Å². The van der Waals surface area contributed by atoms with Gasteiger partial charge in [-0.2, -0.15) is 0 Å². The molecule has 0 atom stereocenters. The monoisotopic (exact) mass is 360 g/mol. The summed E-state index contributed by atoms with van der Waals surface area (Å²) in [5.41, 5.74) is 18.1. The third-order valence-electron chi connectivity index (χ3n) is 5.32. The van der Waals surface area contributed by atoms with Gasteiger partial charge in [-0.3, -0.25) is 0 Å². The number of rotatable bonds is 2. The first kappa shape index (κ1) is 16.4. The molecule has 0 radical (unpaired) electrons. The molecule has 0 aliphatic carbocycles. The van der Waals surface area contributed by atoms with Crippen LogP contribution in [0.4, 0.5) is 11.4 Å². The van der Waals surface area contributed by atoms with Gasteiger partial charge in [0.15, 0.2) is 0 Å². The average molecular weight is 360 g/mol. The third-order valence-corrected chi connectivity index (χ3v) is 5.32. The maximum Gasteiger partial charge on any atom is 0.0314 e. The van der Waals surface area contributed by atoms with E-state index in [0.29, 0.717) is 0 Å². The Kier molecular flexibility index (Phi) is 3.77. The molecule has 134 valence electrons. The number of nitrogens with two attached hydrogens (primary N) is 2. The van der Waals surface area contributed by atoms with E-state index in [-0.39, 0.29) is 0 Å². The highest BCUT2D eigenvalue weighted by atomic mass is 14.5. The van der Waals surface area contributed by atoms with Crippen LogP contribution in [-0.4, -0.2) is 0 Å². The van der Waals surface area contributed by atoms with Crippen LogP contribution in [0.1, 0.15) is 0 Å². The fourth-order valence-corrected chi connectivity index (χ4v) is 3.88. The molecule has 5 aromatic rings. The van der Waals surface area contributed by atoms with Crippen LogP contribution < -0.4 is 11.5 Å². The van der Waals surface area contributed by atoms with Gasteiger partial charge in [0.2, 0.25) is 0 Å². The fourth-order valence-electron chi connectivity index (χ4n) is 3.88. The molecule has 5 rings (SSSR count). The van der Waals surface area contributed by atoms with Crippen molar-refractivity contribution in [1.82, 2.24) is 0 Å². The number of hydrogen-bond donors (Lipinski definition) is 2. The average Bonchev–Trinajstić information content (AvgIpc) is 2.73. The van der Waals surface area contributed by atoms with Crippen LogP contribution in [0.5, 0.6) is 0 Å². The van der Waals surface area contributed by atoms with E-state index in [4.69, 9.17) is 11.5 Å². The van der Waals surface area contributed by atoms with Crippen LogP contribution >= 0.6 is 0 Å². The van der Waals surface area contributed by atoms with Gasteiger partial charge in [-0.1, -0.05) is 60.7 Å². The van der Waals surface area contributed by atoms with Crippen LogP contribution in [0, 0.1) is 0 Å². The van der Waals surface area contributed by atoms with Crippen molar-refractivity contribution >= 4 is 32.9 Å². The van der Waals surface area contributed by atoms with Crippen molar-refractivity contribution in [3.8, 4) is 22.3 Å². The summed E-state index contributed by atoms with van der Waals surface area (Å²) in [5.74, 6) is 0. The Labute approximate surface area is 164 Å². The summed E-state index contributed by atoms with van der Waals surface area (Å²) in [5, 5.41) is 4.94. The summed E-state index contributed by atoms with van der Waals surface area (Å²) in [6.45, 7) is 0. The molecule has 0 aromatic heterocycles. The minimum absolute atomic E-state index is 0.780. The molecule has 0 heterocycles. The zero-order valence-electron chi connectivity index (χ0n) is 15.4. The summed E-state index contributed by atoms with van der Waals surface area (Å²) < 4.78 is 0. The normalized spacial score (nSPS) is 11.1. The molecule has 0 aliphatic heterocycles. The van der Waals surface area contributed by atoms with Gasteiger partial charge in [0.25, 0.3) is 0 Å². The van der Waals surface area contributed by atoms with Gasteiger partial charge in [-0.25, -0.2) is 0 Å². The molecule has 0 amide bonds. The van der Waals surface area contributed by atoms with Gasteiger partial charge in [-0.05, 0) is 80.2 Å². The second kappa shape index (κ2) is 6.43. The molecule has 4 N–H and O–H groups in total. The Morgan fingerprint density at radius 2 is 0.821 bits per heavy atom. The third kappa shape index (κ3) is 2.76. The molecular formula is C26H20N2. The smallest absolute Gasteiger partial charge is 0.0314 e. The fraction of sp³-hybridized carbons (Fsp3) is 0. The first-order chi connectivity index (χ1) is 13.7. The molecule has 0 spiro atoms. The lowest BCUT2D eigenvalue weighted by Crippen LogP contribution is -1.87. The molecule has 0 saturated heterocycles. The standard InChI is InChI=1S/C26H20N2/c27-21-11-7-17(8-12-21)23-5-1-3-19-15-26-20(16-25(19)23)4-2-6-24(26)18-9-13-22(28)14-10-18/h1-16H,27-28H2. The van der Waals surface area contributed by atoms with Crippen molar-refractivity contribution in [1.29, 1.82) is 0 Å². The van der Waals surface area contributed by atoms with Gasteiger partial charge < -0.3 is 11.5 Å². The van der Waals surface area contributed by atoms with Gasteiger partial charge in [-0.15, -0.1) is 0 Å². The van der Waals surface area contributed by atoms with Crippen molar-refractivity contribution in [2.45, 2.75) is 0 Å². The van der Waals surface area contributed by atoms with E-state index in [1.165, 1.54) is 43.8 Å². The molecule has 28 heavy (non-hydrogen) atoms. The summed E-state index contributed by atoms with van der Waals surface area (Å²) in [7, 11) is 0. The summed E-state index contributed by atoms with van der Waals surface area (Å²) >= 11 is 0. The topological polar surface area (TPSA) is 52.0 Å². The molecule has 5 aromatic carbocycles. The first-order valence-electron chi connectivity index (χ1n) is 9.36. The molecule has 2 nitrogen and oxygen atoms in total. The summed E-state index contributed by atoms with van der Waals surface area (Å²) in [6.07, 6.45) is 0. The molecule has 0 fully saturated rings. The van der Waals surface area contributed by atoms with E-state index in [1.807, 2.05) is 24.3 Å². The highest BCUT2D eigenvalue weighted by molar-refractivity contribution is 6.09. The molecule has 0 aliphatic rings. The van der Waals surface area contributed by atoms with Crippen LogP contribution in [0.2, 0.25) is 0 Å². The molecule has 0 saturated carbocycles. The maximum atomic E-state index is 5.87. The van der Waals surface area contributed by atoms with Crippen molar-refractivity contribution in [2.75, 3.05) is 11.5 Å². The molecular weight excluding hydrogens is 340 g/mol. The Morgan fingerprint density at radius 3 is 1.21 bits per heavy atom. The lowest BCUT2D eigenvalue weighted by molar-refractivity contribution is 1.64. The Hall–Kier alpha value is -3.78. The highest BCUT2D eigenvalue weighted by Gasteiger charge is 2.09. The second-order valence-corrected chi connectivity index (χ2v) is 7.15. The predicted octanol–water partition coefficient (Wildman–Crippen LogP) is 6.49. The second-order valence-electron chi connectivity index (χ2n) is 7.15. The van der Waals surface area contributed by atoms with Crippen LogP contribution in [0.3, 0.4) is 0 Å². The maximum absolute atomic E-state index is 5.87. The summed E-state index contributed by atoms with van der Waals surface area (Å²) in [6, 6.07) is 33.6. The van der Waals surface area contributed by atoms with Crippen LogP contribution in [0.15, 0.2) is 97.1 Å². The largest absolute Gasteiger partial charge is 0.399 e. The quantitative estimate of drug-likeness (QED) is 0.279. The Bertz CT molecular complexity index is 1200. The highest BCUT2D eigenvalue weighted by Crippen LogP contribution is 2.36. The lowest BCUT2D eigenvalue weighted by Gasteiger charge is -2.12. The van der Waals surface area contributed by atoms with Gasteiger partial charge in [0.1, 0.15) is 0 Å². The Morgan fingerprint density at radius 1 is 0.429 bits per heavy atom. The molecule has 2 heteroatoms. The summed E-state index contributed by atoms with van der Waals surface area (Å²) in [4.78, 5) is 0. The number of fused-ring (bicyclic) bond motifs is 2. The lowest BCUT2D eigenvalue weighted by atomic mass is 9.92. The predicted molar refractivity (Wildman–Crippen MR) is 121 cm³/mol. The van der Waals surface area contributed by atoms with E-state index in [1.54, 1.807) is 0 Å². The number of hydrogen-bond acceptors (Lipinski definition) is 2. The zero-order chi connectivity index (χ0) is 19.1. The van der Waals surface area contributed by atoms with Crippen molar-refractivity contribution in [2.24, 2.45) is 0 Å².